The quantitative estimate of drug-likeness (QED) is 0.0514. The van der Waals surface area contributed by atoms with Crippen LogP contribution >= 0.6 is 0 Å². The molecule has 13 N–H and O–H groups in total. The van der Waals surface area contributed by atoms with Gasteiger partial charge in [-0.2, -0.15) is 0 Å². The van der Waals surface area contributed by atoms with E-state index in [-0.39, 0.29) is 38.2 Å². The summed E-state index contributed by atoms with van der Waals surface area (Å²) in [7, 11) is 0. The van der Waals surface area contributed by atoms with Crippen LogP contribution in [0, 0.1) is 5.92 Å². The molecule has 0 heterocycles. The topological polar surface area (TPSA) is 295 Å². The second kappa shape index (κ2) is 15.9. The zero-order valence-corrected chi connectivity index (χ0v) is 20.2. The Morgan fingerprint density at radius 2 is 1.39 bits per heavy atom. The monoisotopic (exact) mass is 516 g/mol. The van der Waals surface area contributed by atoms with Gasteiger partial charge in [0.15, 0.2) is 5.96 Å². The maximum absolute atomic E-state index is 12.8. The van der Waals surface area contributed by atoms with Crippen LogP contribution in [-0.4, -0.2) is 82.5 Å². The molecule has 0 aliphatic rings. The van der Waals surface area contributed by atoms with E-state index < -0.39 is 72.1 Å². The molecule has 16 heteroatoms. The van der Waals surface area contributed by atoms with Gasteiger partial charge in [0.05, 0.1) is 12.5 Å². The van der Waals surface area contributed by atoms with Gasteiger partial charge in [-0.3, -0.25) is 29.0 Å². The molecule has 0 aromatic carbocycles. The van der Waals surface area contributed by atoms with Crippen LogP contribution in [0.15, 0.2) is 4.99 Å². The zero-order valence-electron chi connectivity index (χ0n) is 20.2. The van der Waals surface area contributed by atoms with E-state index in [1.165, 1.54) is 0 Å². The number of aliphatic carboxylic acids is 2. The number of nitrogens with two attached hydrogens (primary N) is 4. The molecule has 4 amide bonds. The van der Waals surface area contributed by atoms with Gasteiger partial charge in [-0.05, 0) is 25.2 Å². The fourth-order valence-corrected chi connectivity index (χ4v) is 2.90. The van der Waals surface area contributed by atoms with E-state index >= 15 is 0 Å². The lowest BCUT2D eigenvalue weighted by Crippen LogP contribution is -2.58. The molecular formula is C20H36N8O8. The molecule has 0 fully saturated rings. The van der Waals surface area contributed by atoms with E-state index in [2.05, 4.69) is 20.9 Å². The Labute approximate surface area is 207 Å². The first-order valence-corrected chi connectivity index (χ1v) is 11.1. The minimum Gasteiger partial charge on any atom is -0.481 e. The number of carboxylic acid groups (broad SMARTS) is 2. The molecule has 0 rings (SSSR count). The van der Waals surface area contributed by atoms with Gasteiger partial charge in [-0.25, -0.2) is 4.79 Å². The number of nitrogens with one attached hydrogen (secondary N) is 3. The Bertz CT molecular complexity index is 844. The van der Waals surface area contributed by atoms with Gasteiger partial charge < -0.3 is 49.1 Å². The first kappa shape index (κ1) is 32.0. The van der Waals surface area contributed by atoms with Crippen LogP contribution < -0.4 is 38.9 Å². The lowest BCUT2D eigenvalue weighted by atomic mass is 10.0. The maximum atomic E-state index is 12.8. The van der Waals surface area contributed by atoms with Crippen molar-refractivity contribution in [1.29, 1.82) is 0 Å². The maximum Gasteiger partial charge on any atom is 0.326 e. The number of amides is 4. The third-order valence-corrected chi connectivity index (χ3v) is 4.86. The lowest BCUT2D eigenvalue weighted by molar-refractivity contribution is -0.144. The molecule has 36 heavy (non-hydrogen) atoms. The molecule has 0 aromatic heterocycles. The summed E-state index contributed by atoms with van der Waals surface area (Å²) in [5.41, 5.74) is 21.2. The molecule has 0 aliphatic carbocycles. The van der Waals surface area contributed by atoms with Crippen molar-refractivity contribution in [3.63, 3.8) is 0 Å². The summed E-state index contributed by atoms with van der Waals surface area (Å²) in [4.78, 5) is 75.3. The van der Waals surface area contributed by atoms with Crippen molar-refractivity contribution in [3.8, 4) is 0 Å². The molecular weight excluding hydrogens is 480 g/mol. The first-order valence-electron chi connectivity index (χ1n) is 11.1. The number of guanidine groups is 1. The molecule has 0 spiro atoms. The van der Waals surface area contributed by atoms with Gasteiger partial charge in [-0.15, -0.1) is 0 Å². The van der Waals surface area contributed by atoms with Gasteiger partial charge in [0, 0.05) is 13.0 Å². The van der Waals surface area contributed by atoms with E-state index in [4.69, 9.17) is 28.0 Å². The van der Waals surface area contributed by atoms with Crippen LogP contribution in [0.25, 0.3) is 0 Å². The normalized spacial score (nSPS) is 14.0. The predicted molar refractivity (Wildman–Crippen MR) is 127 cm³/mol. The summed E-state index contributed by atoms with van der Waals surface area (Å²) in [6.45, 7) is 3.25. The van der Waals surface area contributed by atoms with Gasteiger partial charge in [0.2, 0.25) is 23.6 Å². The summed E-state index contributed by atoms with van der Waals surface area (Å²) in [6.07, 6.45) is -1.02. The fraction of sp³-hybridized carbons (Fsp3) is 0.650. The second-order valence-corrected chi connectivity index (χ2v) is 8.35. The molecule has 16 nitrogen and oxygen atoms in total. The van der Waals surface area contributed by atoms with Crippen LogP contribution in [0.5, 0.6) is 0 Å². The van der Waals surface area contributed by atoms with Crippen LogP contribution in [0.3, 0.4) is 0 Å². The van der Waals surface area contributed by atoms with E-state index in [0.29, 0.717) is 0 Å². The number of hydrogen-bond acceptors (Lipinski definition) is 8. The van der Waals surface area contributed by atoms with Crippen molar-refractivity contribution in [1.82, 2.24) is 16.0 Å². The number of carbonyl (C=O) groups excluding carboxylic acids is 4. The van der Waals surface area contributed by atoms with Crippen molar-refractivity contribution >= 4 is 41.5 Å². The minimum absolute atomic E-state index is 0.0371. The van der Waals surface area contributed by atoms with Gasteiger partial charge in [0.1, 0.15) is 18.1 Å². The van der Waals surface area contributed by atoms with E-state index in [9.17, 15) is 33.9 Å². The Balaban J connectivity index is 5.62. The highest BCUT2D eigenvalue weighted by atomic mass is 16.4. The van der Waals surface area contributed by atoms with Crippen molar-refractivity contribution in [3.05, 3.63) is 0 Å². The molecule has 0 bridgehead atoms. The molecule has 4 unspecified atom stereocenters. The number of hydrogen-bond donors (Lipinski definition) is 9. The Hall–Kier alpha value is -3.95. The molecule has 0 saturated carbocycles. The standard InChI is InChI=1S/C20H36N8O8/c1-9(2)15(19(35)36)28-17(33)11(4-3-7-25-20(23)24)26-18(34)12(8-14(30)31)27-16(32)10(21)5-6-13(22)29/h9-12,15H,3-8,21H2,1-2H3,(H2,22,29)(H,26,34)(H,27,32)(H,28,33)(H,30,31)(H,35,36)(H4,23,24,25). The molecule has 4 atom stereocenters. The average molecular weight is 517 g/mol. The van der Waals surface area contributed by atoms with Crippen molar-refractivity contribution in [2.75, 3.05) is 6.54 Å². The third kappa shape index (κ3) is 13.1. The van der Waals surface area contributed by atoms with Crippen LogP contribution in [0.4, 0.5) is 0 Å². The van der Waals surface area contributed by atoms with Crippen molar-refractivity contribution in [2.45, 2.75) is 70.1 Å². The first-order chi connectivity index (χ1) is 16.6. The summed E-state index contributed by atoms with van der Waals surface area (Å²) in [6, 6.07) is -5.43. The van der Waals surface area contributed by atoms with Gasteiger partial charge in [0.25, 0.3) is 0 Å². The van der Waals surface area contributed by atoms with Crippen LogP contribution in [0.2, 0.25) is 0 Å². The SMILES string of the molecule is CC(C)C(NC(=O)C(CCCN=C(N)N)NC(=O)C(CC(=O)O)NC(=O)C(N)CCC(N)=O)C(=O)O. The number of aliphatic imine (C=N–C) groups is 1. The Kier molecular flexibility index (Phi) is 14.1. The number of carboxylic acids is 2. The molecule has 0 radical (unpaired) electrons. The fourth-order valence-electron chi connectivity index (χ4n) is 2.90. The smallest absolute Gasteiger partial charge is 0.326 e. The number of nitrogens with zero attached hydrogens (tertiary/aromatic N) is 1. The summed E-state index contributed by atoms with van der Waals surface area (Å²) >= 11 is 0. The summed E-state index contributed by atoms with van der Waals surface area (Å²) in [5.74, 6) is -6.86. The molecule has 0 aliphatic heterocycles. The van der Waals surface area contributed by atoms with E-state index in [1.54, 1.807) is 13.8 Å². The van der Waals surface area contributed by atoms with Crippen molar-refractivity contribution < 1.29 is 39.0 Å². The number of carbonyl (C=O) groups is 6. The van der Waals surface area contributed by atoms with Gasteiger partial charge in [-0.1, -0.05) is 13.8 Å². The lowest BCUT2D eigenvalue weighted by Gasteiger charge is -2.25. The predicted octanol–water partition coefficient (Wildman–Crippen LogP) is -3.70. The Morgan fingerprint density at radius 3 is 1.86 bits per heavy atom. The van der Waals surface area contributed by atoms with Crippen molar-refractivity contribution in [2.24, 2.45) is 33.8 Å². The molecule has 204 valence electrons. The van der Waals surface area contributed by atoms with E-state index in [0.717, 1.165) is 0 Å². The van der Waals surface area contributed by atoms with Gasteiger partial charge >= 0.3 is 11.9 Å². The molecule has 0 aromatic rings. The average Bonchev–Trinajstić information content (AvgIpc) is 2.75. The molecule has 0 saturated heterocycles. The highest BCUT2D eigenvalue weighted by Crippen LogP contribution is 2.06. The minimum atomic E-state index is -1.62. The highest BCUT2D eigenvalue weighted by Gasteiger charge is 2.32. The second-order valence-electron chi connectivity index (χ2n) is 8.35. The number of rotatable bonds is 17. The van der Waals surface area contributed by atoms with E-state index in [1.807, 2.05) is 0 Å². The van der Waals surface area contributed by atoms with Crippen LogP contribution in [-0.2, 0) is 28.8 Å². The summed E-state index contributed by atoms with van der Waals surface area (Å²) in [5, 5.41) is 25.4. The highest BCUT2D eigenvalue weighted by molar-refractivity contribution is 5.95. The zero-order chi connectivity index (χ0) is 28.0. The Morgan fingerprint density at radius 1 is 0.833 bits per heavy atom. The largest absolute Gasteiger partial charge is 0.481 e. The third-order valence-electron chi connectivity index (χ3n) is 4.86. The summed E-state index contributed by atoms with van der Waals surface area (Å²) < 4.78 is 0. The van der Waals surface area contributed by atoms with Crippen LogP contribution in [0.1, 0.15) is 46.0 Å². The number of primary amides is 1.